The van der Waals surface area contributed by atoms with Gasteiger partial charge in [0, 0.05) is 56.2 Å². The number of anilines is 1. The standard InChI is InChI=1S/C30H35N5O3/c1-3-23(21-33-13-15-38-16-14-33)29(37)31-19-22-9-8-10-24(17-22)26-18-28(36)34(4-2)30-27(26)20-32-35(30)25-11-6-5-7-12-25/h3,5-12,17,20,26H,4,13-16,18-19,21H2,1-2H3,(H,31,37)/b23-3+/t26-/m0/s1. The zero-order valence-corrected chi connectivity index (χ0v) is 22.1. The highest BCUT2D eigenvalue weighted by atomic mass is 16.5. The third-order valence-corrected chi connectivity index (χ3v) is 7.34. The lowest BCUT2D eigenvalue weighted by atomic mass is 9.86. The number of amides is 2. The molecule has 1 atom stereocenters. The number of allylic oxidation sites excluding steroid dienone is 1. The largest absolute Gasteiger partial charge is 0.379 e. The fourth-order valence-corrected chi connectivity index (χ4v) is 5.28. The Kier molecular flexibility index (Phi) is 8.00. The molecular weight excluding hydrogens is 478 g/mol. The maximum Gasteiger partial charge on any atom is 0.248 e. The summed E-state index contributed by atoms with van der Waals surface area (Å²) in [6, 6.07) is 18.1. The third kappa shape index (κ3) is 5.42. The number of rotatable bonds is 8. The molecular formula is C30H35N5O3. The van der Waals surface area contributed by atoms with Crippen LogP contribution in [0, 0.1) is 0 Å². The lowest BCUT2D eigenvalue weighted by Crippen LogP contribution is -2.40. The zero-order valence-electron chi connectivity index (χ0n) is 22.1. The summed E-state index contributed by atoms with van der Waals surface area (Å²) in [5, 5.41) is 7.77. The molecule has 2 amide bonds. The smallest absolute Gasteiger partial charge is 0.248 e. The van der Waals surface area contributed by atoms with Crippen molar-refractivity contribution in [3.05, 3.63) is 89.1 Å². The van der Waals surface area contributed by atoms with Crippen molar-refractivity contribution in [1.82, 2.24) is 20.0 Å². The number of benzene rings is 2. The summed E-state index contributed by atoms with van der Waals surface area (Å²) in [6.45, 7) is 8.61. The van der Waals surface area contributed by atoms with E-state index in [9.17, 15) is 9.59 Å². The van der Waals surface area contributed by atoms with Crippen LogP contribution in [0.25, 0.3) is 5.69 Å². The number of ether oxygens (including phenoxy) is 1. The van der Waals surface area contributed by atoms with E-state index < -0.39 is 0 Å². The Morgan fingerprint density at radius 3 is 2.66 bits per heavy atom. The highest BCUT2D eigenvalue weighted by molar-refractivity contribution is 5.97. The second-order valence-corrected chi connectivity index (χ2v) is 9.70. The number of hydrogen-bond donors (Lipinski definition) is 1. The topological polar surface area (TPSA) is 79.7 Å². The highest BCUT2D eigenvalue weighted by Gasteiger charge is 2.35. The lowest BCUT2D eigenvalue weighted by molar-refractivity contribution is -0.119. The Labute approximate surface area is 223 Å². The predicted molar refractivity (Wildman–Crippen MR) is 147 cm³/mol. The van der Waals surface area contributed by atoms with Crippen molar-refractivity contribution < 1.29 is 14.3 Å². The molecule has 8 heteroatoms. The van der Waals surface area contributed by atoms with Gasteiger partial charge in [0.15, 0.2) is 0 Å². The van der Waals surface area contributed by atoms with E-state index in [-0.39, 0.29) is 17.7 Å². The van der Waals surface area contributed by atoms with E-state index in [0.29, 0.717) is 39.3 Å². The molecule has 0 aliphatic carbocycles. The minimum absolute atomic E-state index is 0.0535. The van der Waals surface area contributed by atoms with Crippen LogP contribution in [-0.4, -0.2) is 65.9 Å². The van der Waals surface area contributed by atoms with Gasteiger partial charge in [-0.05, 0) is 37.1 Å². The molecule has 0 saturated carbocycles. The first kappa shape index (κ1) is 25.9. The lowest BCUT2D eigenvalue weighted by Gasteiger charge is -2.32. The van der Waals surface area contributed by atoms with Crippen molar-refractivity contribution in [1.29, 1.82) is 0 Å². The van der Waals surface area contributed by atoms with E-state index in [0.717, 1.165) is 46.9 Å². The SMILES string of the molecule is C/C=C(\CN1CCOCC1)C(=O)NCc1cccc([C@@H]2CC(=O)N(CC)c3c2cnn3-c2ccccc2)c1. The molecule has 198 valence electrons. The summed E-state index contributed by atoms with van der Waals surface area (Å²) >= 11 is 0. The van der Waals surface area contributed by atoms with E-state index in [2.05, 4.69) is 27.4 Å². The number of nitrogens with one attached hydrogen (secondary N) is 1. The number of aromatic nitrogens is 2. The predicted octanol–water partition coefficient (Wildman–Crippen LogP) is 3.66. The van der Waals surface area contributed by atoms with Crippen molar-refractivity contribution >= 4 is 17.6 Å². The number of morpholine rings is 1. The molecule has 0 bridgehead atoms. The van der Waals surface area contributed by atoms with E-state index in [1.807, 2.05) is 78.2 Å². The first-order valence-corrected chi connectivity index (χ1v) is 13.3. The molecule has 0 unspecified atom stereocenters. The van der Waals surface area contributed by atoms with Gasteiger partial charge in [0.25, 0.3) is 0 Å². The summed E-state index contributed by atoms with van der Waals surface area (Å²) in [6.07, 6.45) is 4.17. The molecule has 3 aromatic rings. The first-order valence-electron chi connectivity index (χ1n) is 13.3. The van der Waals surface area contributed by atoms with Gasteiger partial charge in [0.05, 0.1) is 25.1 Å². The summed E-state index contributed by atoms with van der Waals surface area (Å²) < 4.78 is 7.28. The molecule has 8 nitrogen and oxygen atoms in total. The summed E-state index contributed by atoms with van der Waals surface area (Å²) in [5.74, 6) is 0.768. The minimum Gasteiger partial charge on any atom is -0.379 e. The molecule has 0 spiro atoms. The van der Waals surface area contributed by atoms with Gasteiger partial charge in [-0.2, -0.15) is 5.10 Å². The van der Waals surface area contributed by atoms with Crippen molar-refractivity contribution in [2.45, 2.75) is 32.7 Å². The number of nitrogens with zero attached hydrogens (tertiary/aromatic N) is 4. The van der Waals surface area contributed by atoms with Gasteiger partial charge in [0.2, 0.25) is 11.8 Å². The Morgan fingerprint density at radius 2 is 1.92 bits per heavy atom. The second-order valence-electron chi connectivity index (χ2n) is 9.70. The molecule has 2 aliphatic rings. The van der Waals surface area contributed by atoms with E-state index >= 15 is 0 Å². The molecule has 1 saturated heterocycles. The van der Waals surface area contributed by atoms with E-state index in [1.165, 1.54) is 0 Å². The third-order valence-electron chi connectivity index (χ3n) is 7.34. The van der Waals surface area contributed by atoms with Gasteiger partial charge in [-0.15, -0.1) is 0 Å². The van der Waals surface area contributed by atoms with Gasteiger partial charge in [-0.1, -0.05) is 48.5 Å². The Hall–Kier alpha value is -3.75. The molecule has 1 N–H and O–H groups in total. The van der Waals surface area contributed by atoms with Crippen LogP contribution in [0.1, 0.15) is 42.9 Å². The zero-order chi connectivity index (χ0) is 26.5. The summed E-state index contributed by atoms with van der Waals surface area (Å²) in [7, 11) is 0. The Balaban J connectivity index is 1.34. The number of fused-ring (bicyclic) bond motifs is 1. The second kappa shape index (κ2) is 11.8. The maximum atomic E-state index is 13.2. The van der Waals surface area contributed by atoms with E-state index in [4.69, 9.17) is 4.74 Å². The van der Waals surface area contributed by atoms with Gasteiger partial charge in [-0.3, -0.25) is 19.4 Å². The van der Waals surface area contributed by atoms with Crippen molar-refractivity contribution in [3.8, 4) is 5.69 Å². The normalized spacial score (nSPS) is 18.4. The van der Waals surface area contributed by atoms with Gasteiger partial charge in [0.1, 0.15) is 5.82 Å². The molecule has 38 heavy (non-hydrogen) atoms. The molecule has 2 aliphatic heterocycles. The monoisotopic (exact) mass is 513 g/mol. The fraction of sp³-hybridized carbons (Fsp3) is 0.367. The van der Waals surface area contributed by atoms with Gasteiger partial charge >= 0.3 is 0 Å². The molecule has 5 rings (SSSR count). The number of hydrogen-bond acceptors (Lipinski definition) is 5. The van der Waals surface area contributed by atoms with Crippen LogP contribution in [0.5, 0.6) is 0 Å². The van der Waals surface area contributed by atoms with Crippen molar-refractivity contribution in [2.75, 3.05) is 44.3 Å². The average Bonchev–Trinajstić information content (AvgIpc) is 3.40. The molecule has 1 aromatic heterocycles. The molecule has 0 radical (unpaired) electrons. The Bertz CT molecular complexity index is 1310. The van der Waals surface area contributed by atoms with Crippen LogP contribution in [0.4, 0.5) is 5.82 Å². The number of carbonyl (C=O) groups excluding carboxylic acids is 2. The molecule has 2 aromatic carbocycles. The van der Waals surface area contributed by atoms with Crippen molar-refractivity contribution in [3.63, 3.8) is 0 Å². The van der Waals surface area contributed by atoms with Crippen LogP contribution in [-0.2, 0) is 20.9 Å². The van der Waals surface area contributed by atoms with Crippen LogP contribution in [0.2, 0.25) is 0 Å². The van der Waals surface area contributed by atoms with Crippen LogP contribution in [0.15, 0.2) is 72.4 Å². The Morgan fingerprint density at radius 1 is 1.13 bits per heavy atom. The quantitative estimate of drug-likeness (QED) is 0.465. The van der Waals surface area contributed by atoms with Crippen LogP contribution < -0.4 is 10.2 Å². The van der Waals surface area contributed by atoms with E-state index in [1.54, 1.807) is 0 Å². The van der Waals surface area contributed by atoms with Gasteiger partial charge < -0.3 is 10.1 Å². The average molecular weight is 514 g/mol. The van der Waals surface area contributed by atoms with Crippen molar-refractivity contribution in [2.24, 2.45) is 0 Å². The van der Waals surface area contributed by atoms with Crippen LogP contribution in [0.3, 0.4) is 0 Å². The number of carbonyl (C=O) groups is 2. The van der Waals surface area contributed by atoms with Gasteiger partial charge in [-0.25, -0.2) is 4.68 Å². The molecule has 3 heterocycles. The summed E-state index contributed by atoms with van der Waals surface area (Å²) in [5.41, 5.74) is 4.78. The highest BCUT2D eigenvalue weighted by Crippen LogP contribution is 2.41. The van der Waals surface area contributed by atoms with Crippen LogP contribution >= 0.6 is 0 Å². The maximum absolute atomic E-state index is 13.2. The first-order chi connectivity index (χ1) is 18.6. The number of para-hydroxylation sites is 1. The minimum atomic E-state index is -0.0965. The summed E-state index contributed by atoms with van der Waals surface area (Å²) in [4.78, 5) is 30.2. The fourth-order valence-electron chi connectivity index (χ4n) is 5.28. The molecule has 1 fully saturated rings.